The second-order valence-corrected chi connectivity index (χ2v) is 7.70. The molecule has 0 bridgehead atoms. The number of nitrogens with zero attached hydrogens (tertiary/aromatic N) is 1. The number of likely N-dealkylation sites (N-methyl/N-ethyl adjacent to an activating group) is 1. The van der Waals surface area contributed by atoms with Gasteiger partial charge in [-0.15, -0.1) is 11.3 Å². The first-order chi connectivity index (χ1) is 13.0. The van der Waals surface area contributed by atoms with E-state index in [0.717, 1.165) is 29.7 Å². The van der Waals surface area contributed by atoms with Crippen LogP contribution in [0.15, 0.2) is 24.3 Å². The summed E-state index contributed by atoms with van der Waals surface area (Å²) in [7, 11) is 1.76. The molecule has 1 N–H and O–H groups in total. The van der Waals surface area contributed by atoms with E-state index in [0.29, 0.717) is 29.3 Å². The molecule has 0 saturated heterocycles. The highest BCUT2D eigenvalue weighted by Crippen LogP contribution is 2.39. The van der Waals surface area contributed by atoms with Crippen molar-refractivity contribution in [1.82, 2.24) is 4.90 Å². The lowest BCUT2D eigenvalue weighted by Crippen LogP contribution is -2.30. The van der Waals surface area contributed by atoms with Crippen LogP contribution in [0, 0.1) is 5.82 Å². The predicted molar refractivity (Wildman–Crippen MR) is 104 cm³/mol. The largest absolute Gasteiger partial charge is 0.462 e. The molecule has 1 amide bonds. The van der Waals surface area contributed by atoms with Gasteiger partial charge in [-0.2, -0.15) is 0 Å². The summed E-state index contributed by atoms with van der Waals surface area (Å²) in [6.07, 6.45) is 2.78. The van der Waals surface area contributed by atoms with Crippen molar-refractivity contribution in [3.63, 3.8) is 0 Å². The third kappa shape index (κ3) is 4.54. The number of anilines is 1. The Morgan fingerprint density at radius 1 is 1.30 bits per heavy atom. The topological polar surface area (TPSA) is 58.6 Å². The standard InChI is InChI=1S/C20H23FN2O3S/c1-3-26-20(25)18-14-8-6-10-16(14)27-19(18)22-17(24)12-23(2)11-13-7-4-5-9-15(13)21/h4-5,7,9H,3,6,8,10-12H2,1-2H3,(H,22,24). The molecule has 1 aliphatic rings. The SMILES string of the molecule is CCOC(=O)c1c(NC(=O)CN(C)Cc2ccccc2F)sc2c1CCC2. The van der Waals surface area contributed by atoms with Gasteiger partial charge in [0.25, 0.3) is 0 Å². The third-order valence-corrected chi connectivity index (χ3v) is 5.67. The van der Waals surface area contributed by atoms with Crippen molar-refractivity contribution in [1.29, 1.82) is 0 Å². The van der Waals surface area contributed by atoms with E-state index in [2.05, 4.69) is 5.32 Å². The maximum atomic E-state index is 13.8. The van der Waals surface area contributed by atoms with E-state index in [1.807, 2.05) is 0 Å². The number of hydrogen-bond acceptors (Lipinski definition) is 5. The van der Waals surface area contributed by atoms with E-state index < -0.39 is 0 Å². The maximum Gasteiger partial charge on any atom is 0.341 e. The van der Waals surface area contributed by atoms with Crippen LogP contribution in [0.3, 0.4) is 0 Å². The molecule has 7 heteroatoms. The number of benzene rings is 1. The van der Waals surface area contributed by atoms with Crippen LogP contribution in [0.5, 0.6) is 0 Å². The highest BCUT2D eigenvalue weighted by Gasteiger charge is 2.28. The second kappa shape index (κ2) is 8.63. The fraction of sp³-hybridized carbons (Fsp3) is 0.400. The van der Waals surface area contributed by atoms with Gasteiger partial charge in [0, 0.05) is 17.0 Å². The average molecular weight is 390 g/mol. The van der Waals surface area contributed by atoms with Crippen molar-refractivity contribution in [2.45, 2.75) is 32.7 Å². The molecular formula is C20H23FN2O3S. The molecule has 27 heavy (non-hydrogen) atoms. The summed E-state index contributed by atoms with van der Waals surface area (Å²) in [5.74, 6) is -0.907. The fourth-order valence-corrected chi connectivity index (χ4v) is 4.59. The Morgan fingerprint density at radius 2 is 2.07 bits per heavy atom. The monoisotopic (exact) mass is 390 g/mol. The molecule has 1 aromatic carbocycles. The van der Waals surface area contributed by atoms with Gasteiger partial charge in [-0.3, -0.25) is 9.69 Å². The minimum atomic E-state index is -0.382. The van der Waals surface area contributed by atoms with Gasteiger partial charge in [-0.25, -0.2) is 9.18 Å². The molecule has 0 fully saturated rings. The molecular weight excluding hydrogens is 367 g/mol. The van der Waals surface area contributed by atoms with Gasteiger partial charge in [0.2, 0.25) is 5.91 Å². The number of fused-ring (bicyclic) bond motifs is 1. The molecule has 0 unspecified atom stereocenters. The van der Waals surface area contributed by atoms with E-state index in [-0.39, 0.29) is 24.2 Å². The number of ether oxygens (including phenoxy) is 1. The molecule has 5 nitrogen and oxygen atoms in total. The van der Waals surface area contributed by atoms with Crippen LogP contribution in [0.2, 0.25) is 0 Å². The van der Waals surface area contributed by atoms with Crippen molar-refractivity contribution in [2.75, 3.05) is 25.5 Å². The van der Waals surface area contributed by atoms with Crippen molar-refractivity contribution in [2.24, 2.45) is 0 Å². The van der Waals surface area contributed by atoms with Crippen LogP contribution in [-0.4, -0.2) is 37.0 Å². The number of rotatable bonds is 7. The molecule has 1 aromatic heterocycles. The smallest absolute Gasteiger partial charge is 0.341 e. The van der Waals surface area contributed by atoms with Crippen LogP contribution in [0.25, 0.3) is 0 Å². The van der Waals surface area contributed by atoms with Crippen LogP contribution in [0.4, 0.5) is 9.39 Å². The Labute approximate surface area is 162 Å². The molecule has 0 spiro atoms. The first kappa shape index (κ1) is 19.5. The summed E-state index contributed by atoms with van der Waals surface area (Å²) in [5, 5.41) is 3.41. The zero-order valence-corrected chi connectivity index (χ0v) is 16.3. The number of carbonyl (C=O) groups is 2. The number of hydrogen-bond donors (Lipinski definition) is 1. The van der Waals surface area contributed by atoms with Gasteiger partial charge in [0.15, 0.2) is 0 Å². The quantitative estimate of drug-likeness (QED) is 0.734. The average Bonchev–Trinajstić information content (AvgIpc) is 3.17. The van der Waals surface area contributed by atoms with E-state index in [1.54, 1.807) is 37.1 Å². The number of aryl methyl sites for hydroxylation is 1. The molecule has 0 atom stereocenters. The second-order valence-electron chi connectivity index (χ2n) is 6.59. The van der Waals surface area contributed by atoms with Crippen LogP contribution in [-0.2, 0) is 28.9 Å². The van der Waals surface area contributed by atoms with E-state index in [4.69, 9.17) is 4.74 Å². The summed E-state index contributed by atoms with van der Waals surface area (Å²) >= 11 is 1.45. The Bertz CT molecular complexity index is 850. The first-order valence-corrected chi connectivity index (χ1v) is 9.84. The number of halogens is 1. The van der Waals surface area contributed by atoms with Gasteiger partial charge >= 0.3 is 5.97 Å². The van der Waals surface area contributed by atoms with E-state index in [1.165, 1.54) is 17.4 Å². The van der Waals surface area contributed by atoms with Crippen molar-refractivity contribution < 1.29 is 18.7 Å². The lowest BCUT2D eigenvalue weighted by atomic mass is 10.1. The number of carbonyl (C=O) groups excluding carboxylic acids is 2. The molecule has 2 aromatic rings. The molecule has 0 saturated carbocycles. The first-order valence-electron chi connectivity index (χ1n) is 9.03. The Balaban J connectivity index is 1.67. The summed E-state index contributed by atoms with van der Waals surface area (Å²) in [5.41, 5.74) is 2.04. The van der Waals surface area contributed by atoms with Crippen molar-refractivity contribution >= 4 is 28.2 Å². The minimum absolute atomic E-state index is 0.0964. The zero-order valence-electron chi connectivity index (χ0n) is 15.5. The third-order valence-electron chi connectivity index (χ3n) is 4.47. The molecule has 0 aliphatic heterocycles. The van der Waals surface area contributed by atoms with Gasteiger partial charge in [0.05, 0.1) is 18.7 Å². The van der Waals surface area contributed by atoms with Gasteiger partial charge in [0.1, 0.15) is 10.8 Å². The highest BCUT2D eigenvalue weighted by atomic mass is 32.1. The number of amides is 1. The Morgan fingerprint density at radius 3 is 2.81 bits per heavy atom. The molecule has 1 heterocycles. The summed E-state index contributed by atoms with van der Waals surface area (Å²) in [4.78, 5) is 27.7. The summed E-state index contributed by atoms with van der Waals surface area (Å²) in [6.45, 7) is 2.48. The Hall–Kier alpha value is -2.25. The fourth-order valence-electron chi connectivity index (χ4n) is 3.30. The van der Waals surface area contributed by atoms with Gasteiger partial charge in [-0.1, -0.05) is 18.2 Å². The van der Waals surface area contributed by atoms with Gasteiger partial charge < -0.3 is 10.1 Å². The normalized spacial score (nSPS) is 12.9. The molecule has 144 valence electrons. The van der Waals surface area contributed by atoms with Crippen LogP contribution >= 0.6 is 11.3 Å². The van der Waals surface area contributed by atoms with Crippen molar-refractivity contribution in [3.8, 4) is 0 Å². The lowest BCUT2D eigenvalue weighted by molar-refractivity contribution is -0.117. The zero-order chi connectivity index (χ0) is 19.4. The van der Waals surface area contributed by atoms with Crippen LogP contribution in [0.1, 0.15) is 39.7 Å². The number of nitrogens with one attached hydrogen (secondary N) is 1. The van der Waals surface area contributed by atoms with Gasteiger partial charge in [-0.05, 0) is 44.9 Å². The molecule has 1 aliphatic carbocycles. The predicted octanol–water partition coefficient (Wildman–Crippen LogP) is 3.62. The molecule has 0 radical (unpaired) electrons. The maximum absolute atomic E-state index is 13.8. The Kier molecular flexibility index (Phi) is 6.23. The lowest BCUT2D eigenvalue weighted by Gasteiger charge is -2.17. The van der Waals surface area contributed by atoms with Crippen molar-refractivity contribution in [3.05, 3.63) is 51.7 Å². The minimum Gasteiger partial charge on any atom is -0.462 e. The summed E-state index contributed by atoms with van der Waals surface area (Å²) < 4.78 is 18.9. The van der Waals surface area contributed by atoms with Crippen LogP contribution < -0.4 is 5.32 Å². The summed E-state index contributed by atoms with van der Waals surface area (Å²) in [6, 6.07) is 6.51. The van der Waals surface area contributed by atoms with E-state index in [9.17, 15) is 14.0 Å². The number of thiophene rings is 1. The highest BCUT2D eigenvalue weighted by molar-refractivity contribution is 7.17. The molecule has 3 rings (SSSR count). The number of esters is 1. The van der Waals surface area contributed by atoms with E-state index >= 15 is 0 Å².